The molecule has 1 atom stereocenters. The van der Waals surface area contributed by atoms with Crippen molar-refractivity contribution in [3.05, 3.63) is 42.0 Å². The highest BCUT2D eigenvalue weighted by Gasteiger charge is 2.20. The van der Waals surface area contributed by atoms with E-state index in [1.807, 2.05) is 12.1 Å². The van der Waals surface area contributed by atoms with E-state index in [2.05, 4.69) is 5.32 Å². The van der Waals surface area contributed by atoms with Crippen molar-refractivity contribution in [1.82, 2.24) is 5.32 Å². The van der Waals surface area contributed by atoms with Gasteiger partial charge in [0, 0.05) is 12.4 Å². The maximum absolute atomic E-state index is 11.5. The standard InChI is InChI=1S/C15H15NO4/c1-9(14(17)16-2)20-13-11-6-4-3-5-10(11)7-8-12(13)15(18)19/h3-9H,1-2H3,(H,16,17)(H,18,19). The maximum Gasteiger partial charge on any atom is 0.339 e. The van der Waals surface area contributed by atoms with E-state index in [4.69, 9.17) is 4.74 Å². The zero-order chi connectivity index (χ0) is 14.7. The lowest BCUT2D eigenvalue weighted by Crippen LogP contribution is -2.34. The summed E-state index contributed by atoms with van der Waals surface area (Å²) in [5, 5.41) is 13.3. The molecule has 104 valence electrons. The average molecular weight is 273 g/mol. The number of hydrogen-bond donors (Lipinski definition) is 2. The summed E-state index contributed by atoms with van der Waals surface area (Å²) in [6, 6.07) is 10.5. The summed E-state index contributed by atoms with van der Waals surface area (Å²) in [5.41, 5.74) is 0.0412. The number of amides is 1. The molecule has 0 spiro atoms. The van der Waals surface area contributed by atoms with Crippen molar-refractivity contribution in [2.75, 3.05) is 7.05 Å². The molecule has 0 radical (unpaired) electrons. The van der Waals surface area contributed by atoms with Gasteiger partial charge in [-0.1, -0.05) is 30.3 Å². The van der Waals surface area contributed by atoms with Gasteiger partial charge in [-0.05, 0) is 18.4 Å². The Hall–Kier alpha value is -2.56. The van der Waals surface area contributed by atoms with Crippen LogP contribution < -0.4 is 10.1 Å². The number of benzene rings is 2. The third-order valence-electron chi connectivity index (χ3n) is 3.02. The molecule has 0 aliphatic rings. The molecule has 2 aromatic rings. The van der Waals surface area contributed by atoms with E-state index in [0.29, 0.717) is 5.39 Å². The minimum Gasteiger partial charge on any atom is -0.479 e. The van der Waals surface area contributed by atoms with Crippen LogP contribution in [0.1, 0.15) is 17.3 Å². The Morgan fingerprint density at radius 3 is 2.55 bits per heavy atom. The molecule has 0 bridgehead atoms. The number of carbonyl (C=O) groups excluding carboxylic acids is 1. The Kier molecular flexibility index (Phi) is 3.89. The lowest BCUT2D eigenvalue weighted by molar-refractivity contribution is -0.126. The lowest BCUT2D eigenvalue weighted by atomic mass is 10.1. The van der Waals surface area contributed by atoms with E-state index in [9.17, 15) is 14.7 Å². The first-order valence-corrected chi connectivity index (χ1v) is 6.18. The van der Waals surface area contributed by atoms with Gasteiger partial charge in [-0.15, -0.1) is 0 Å². The third kappa shape index (κ3) is 2.56. The van der Waals surface area contributed by atoms with Crippen LogP contribution in [-0.2, 0) is 4.79 Å². The molecule has 0 aliphatic heterocycles. The van der Waals surface area contributed by atoms with Crippen LogP contribution in [0.4, 0.5) is 0 Å². The topological polar surface area (TPSA) is 75.6 Å². The van der Waals surface area contributed by atoms with Gasteiger partial charge in [-0.25, -0.2) is 4.79 Å². The van der Waals surface area contributed by atoms with E-state index in [0.717, 1.165) is 5.39 Å². The van der Waals surface area contributed by atoms with Gasteiger partial charge < -0.3 is 15.2 Å². The molecule has 0 aliphatic carbocycles. The maximum atomic E-state index is 11.5. The number of carboxylic acid groups (broad SMARTS) is 1. The molecule has 2 aromatic carbocycles. The van der Waals surface area contributed by atoms with Gasteiger partial charge in [0.2, 0.25) is 0 Å². The van der Waals surface area contributed by atoms with Gasteiger partial charge in [-0.2, -0.15) is 0 Å². The zero-order valence-corrected chi connectivity index (χ0v) is 11.2. The van der Waals surface area contributed by atoms with E-state index >= 15 is 0 Å². The Labute approximate surface area is 116 Å². The lowest BCUT2D eigenvalue weighted by Gasteiger charge is -2.17. The van der Waals surface area contributed by atoms with Crippen LogP contribution in [-0.4, -0.2) is 30.1 Å². The van der Waals surface area contributed by atoms with Gasteiger partial charge in [0.15, 0.2) is 6.10 Å². The molecule has 0 saturated carbocycles. The van der Waals surface area contributed by atoms with Crippen molar-refractivity contribution < 1.29 is 19.4 Å². The first-order chi connectivity index (χ1) is 9.54. The SMILES string of the molecule is CNC(=O)C(C)Oc1c(C(=O)O)ccc2ccccc12. The van der Waals surface area contributed by atoms with Crippen molar-refractivity contribution >= 4 is 22.6 Å². The van der Waals surface area contributed by atoms with Crippen LogP contribution in [0.5, 0.6) is 5.75 Å². The molecule has 0 saturated heterocycles. The predicted octanol–water partition coefficient (Wildman–Crippen LogP) is 2.05. The van der Waals surface area contributed by atoms with Crippen LogP contribution in [0.15, 0.2) is 36.4 Å². The summed E-state index contributed by atoms with van der Waals surface area (Å²) < 4.78 is 5.58. The molecule has 20 heavy (non-hydrogen) atoms. The molecular formula is C15H15NO4. The second-order valence-corrected chi connectivity index (χ2v) is 4.34. The van der Waals surface area contributed by atoms with E-state index < -0.39 is 12.1 Å². The summed E-state index contributed by atoms with van der Waals surface area (Å²) in [7, 11) is 1.50. The molecule has 1 amide bonds. The van der Waals surface area contributed by atoms with Crippen molar-refractivity contribution in [3.63, 3.8) is 0 Å². The molecule has 0 fully saturated rings. The predicted molar refractivity (Wildman–Crippen MR) is 75.1 cm³/mol. The average Bonchev–Trinajstić information content (AvgIpc) is 2.46. The fourth-order valence-electron chi connectivity index (χ4n) is 1.97. The summed E-state index contributed by atoms with van der Waals surface area (Å²) in [6.45, 7) is 1.58. The fraction of sp³-hybridized carbons (Fsp3) is 0.200. The number of hydrogen-bond acceptors (Lipinski definition) is 3. The number of ether oxygens (including phenoxy) is 1. The molecule has 2 rings (SSSR count). The summed E-state index contributed by atoms with van der Waals surface area (Å²) in [5.74, 6) is -1.18. The Morgan fingerprint density at radius 2 is 1.90 bits per heavy atom. The molecule has 0 aromatic heterocycles. The highest BCUT2D eigenvalue weighted by atomic mass is 16.5. The van der Waals surface area contributed by atoms with Crippen molar-refractivity contribution in [2.24, 2.45) is 0 Å². The summed E-state index contributed by atoms with van der Waals surface area (Å²) in [4.78, 5) is 22.9. The molecular weight excluding hydrogens is 258 g/mol. The second kappa shape index (κ2) is 5.61. The highest BCUT2D eigenvalue weighted by molar-refractivity contribution is 6.00. The molecule has 2 N–H and O–H groups in total. The fourth-order valence-corrected chi connectivity index (χ4v) is 1.97. The number of carbonyl (C=O) groups is 2. The smallest absolute Gasteiger partial charge is 0.339 e. The normalized spacial score (nSPS) is 11.9. The minimum absolute atomic E-state index is 0.0412. The summed E-state index contributed by atoms with van der Waals surface area (Å²) >= 11 is 0. The zero-order valence-electron chi connectivity index (χ0n) is 11.2. The van der Waals surface area contributed by atoms with E-state index in [1.165, 1.54) is 13.1 Å². The van der Waals surface area contributed by atoms with E-state index in [1.54, 1.807) is 25.1 Å². The van der Waals surface area contributed by atoms with Gasteiger partial charge in [0.05, 0.1) is 0 Å². The minimum atomic E-state index is -1.09. The Bertz CT molecular complexity index is 666. The second-order valence-electron chi connectivity index (χ2n) is 4.34. The Balaban J connectivity index is 2.55. The number of rotatable bonds is 4. The van der Waals surface area contributed by atoms with Gasteiger partial charge >= 0.3 is 5.97 Å². The number of aromatic carboxylic acids is 1. The largest absolute Gasteiger partial charge is 0.479 e. The van der Waals surface area contributed by atoms with Crippen LogP contribution >= 0.6 is 0 Å². The van der Waals surface area contributed by atoms with Crippen LogP contribution in [0.3, 0.4) is 0 Å². The van der Waals surface area contributed by atoms with E-state index in [-0.39, 0.29) is 17.2 Å². The van der Waals surface area contributed by atoms with Crippen LogP contribution in [0, 0.1) is 0 Å². The number of nitrogens with one attached hydrogen (secondary N) is 1. The van der Waals surface area contributed by atoms with Crippen molar-refractivity contribution in [2.45, 2.75) is 13.0 Å². The number of likely N-dealkylation sites (N-methyl/N-ethyl adjacent to an activating group) is 1. The highest BCUT2D eigenvalue weighted by Crippen LogP contribution is 2.30. The molecule has 1 unspecified atom stereocenters. The quantitative estimate of drug-likeness (QED) is 0.894. The first-order valence-electron chi connectivity index (χ1n) is 6.18. The third-order valence-corrected chi connectivity index (χ3v) is 3.02. The Morgan fingerprint density at radius 1 is 1.20 bits per heavy atom. The van der Waals surface area contributed by atoms with Gasteiger partial charge in [-0.3, -0.25) is 4.79 Å². The van der Waals surface area contributed by atoms with Gasteiger partial charge in [0.1, 0.15) is 11.3 Å². The number of carboxylic acids is 1. The number of fused-ring (bicyclic) bond motifs is 1. The molecule has 0 heterocycles. The monoisotopic (exact) mass is 273 g/mol. The first kappa shape index (κ1) is 13.9. The molecule has 5 nitrogen and oxygen atoms in total. The van der Waals surface area contributed by atoms with Crippen LogP contribution in [0.2, 0.25) is 0 Å². The molecule has 5 heteroatoms. The van der Waals surface area contributed by atoms with Crippen molar-refractivity contribution in [3.8, 4) is 5.75 Å². The van der Waals surface area contributed by atoms with Crippen molar-refractivity contribution in [1.29, 1.82) is 0 Å². The van der Waals surface area contributed by atoms with Crippen LogP contribution in [0.25, 0.3) is 10.8 Å². The van der Waals surface area contributed by atoms with Gasteiger partial charge in [0.25, 0.3) is 5.91 Å². The summed E-state index contributed by atoms with van der Waals surface area (Å²) in [6.07, 6.45) is -0.774.